The van der Waals surface area contributed by atoms with Crippen LogP contribution < -0.4 is 10.1 Å². The molecular formula is C16H27NO. The highest BCUT2D eigenvalue weighted by Crippen LogP contribution is 2.29. The van der Waals surface area contributed by atoms with Crippen molar-refractivity contribution in [3.63, 3.8) is 0 Å². The fraction of sp³-hybridized carbons (Fsp3) is 0.625. The Labute approximate surface area is 112 Å². The molecule has 0 spiro atoms. The fourth-order valence-corrected chi connectivity index (χ4v) is 2.28. The van der Waals surface area contributed by atoms with Crippen LogP contribution in [0, 0.1) is 12.8 Å². The van der Waals surface area contributed by atoms with Gasteiger partial charge in [-0.15, -0.1) is 0 Å². The molecule has 0 heterocycles. The summed E-state index contributed by atoms with van der Waals surface area (Å²) in [6.45, 7) is 10.0. The van der Waals surface area contributed by atoms with Crippen LogP contribution in [0.1, 0.15) is 50.8 Å². The molecule has 2 unspecified atom stereocenters. The highest BCUT2D eigenvalue weighted by Gasteiger charge is 2.19. The number of aryl methyl sites for hydroxylation is 1. The van der Waals surface area contributed by atoms with Gasteiger partial charge in [0.1, 0.15) is 5.75 Å². The number of hydrogen-bond donors (Lipinski definition) is 1. The van der Waals surface area contributed by atoms with Crippen LogP contribution in [0.2, 0.25) is 0 Å². The van der Waals surface area contributed by atoms with Crippen molar-refractivity contribution in [2.75, 3.05) is 13.7 Å². The number of rotatable bonds is 7. The van der Waals surface area contributed by atoms with Gasteiger partial charge in [0.25, 0.3) is 0 Å². The molecular weight excluding hydrogens is 222 g/mol. The second-order valence-corrected chi connectivity index (χ2v) is 5.04. The Morgan fingerprint density at radius 1 is 1.28 bits per heavy atom. The zero-order valence-electron chi connectivity index (χ0n) is 12.4. The van der Waals surface area contributed by atoms with Crippen molar-refractivity contribution in [1.82, 2.24) is 5.32 Å². The van der Waals surface area contributed by atoms with Crippen LogP contribution in [0.5, 0.6) is 5.75 Å². The van der Waals surface area contributed by atoms with Crippen LogP contribution in [0.25, 0.3) is 0 Å². The lowest BCUT2D eigenvalue weighted by Gasteiger charge is -2.26. The molecule has 1 rings (SSSR count). The van der Waals surface area contributed by atoms with E-state index < -0.39 is 0 Å². The molecule has 18 heavy (non-hydrogen) atoms. The monoisotopic (exact) mass is 249 g/mol. The Hall–Kier alpha value is -1.02. The number of methoxy groups -OCH3 is 1. The van der Waals surface area contributed by atoms with Gasteiger partial charge in [-0.2, -0.15) is 0 Å². The molecule has 0 aromatic heterocycles. The topological polar surface area (TPSA) is 21.3 Å². The summed E-state index contributed by atoms with van der Waals surface area (Å²) in [6.07, 6.45) is 2.36. The van der Waals surface area contributed by atoms with E-state index in [1.54, 1.807) is 7.11 Å². The SMILES string of the molecule is CCCNC(c1ccc(OC)cc1C)C(C)CC. The molecule has 2 atom stereocenters. The minimum Gasteiger partial charge on any atom is -0.497 e. The van der Waals surface area contributed by atoms with Crippen LogP contribution in [0.15, 0.2) is 18.2 Å². The van der Waals surface area contributed by atoms with Gasteiger partial charge < -0.3 is 10.1 Å². The van der Waals surface area contributed by atoms with E-state index in [1.807, 2.05) is 0 Å². The zero-order chi connectivity index (χ0) is 13.5. The van der Waals surface area contributed by atoms with Gasteiger partial charge in [-0.25, -0.2) is 0 Å². The highest BCUT2D eigenvalue weighted by atomic mass is 16.5. The van der Waals surface area contributed by atoms with E-state index in [1.165, 1.54) is 24.0 Å². The van der Waals surface area contributed by atoms with Crippen molar-refractivity contribution in [2.45, 2.75) is 46.6 Å². The second kappa shape index (κ2) is 7.42. The molecule has 0 saturated heterocycles. The first-order chi connectivity index (χ1) is 8.63. The predicted octanol–water partition coefficient (Wildman–Crippen LogP) is 4.09. The summed E-state index contributed by atoms with van der Waals surface area (Å²) in [5, 5.41) is 3.67. The molecule has 102 valence electrons. The summed E-state index contributed by atoms with van der Waals surface area (Å²) < 4.78 is 5.28. The van der Waals surface area contributed by atoms with Crippen molar-refractivity contribution in [2.24, 2.45) is 5.92 Å². The molecule has 0 aliphatic heterocycles. The smallest absolute Gasteiger partial charge is 0.119 e. The van der Waals surface area contributed by atoms with Crippen molar-refractivity contribution in [3.8, 4) is 5.75 Å². The van der Waals surface area contributed by atoms with Crippen LogP contribution in [-0.4, -0.2) is 13.7 Å². The minimum absolute atomic E-state index is 0.445. The van der Waals surface area contributed by atoms with Crippen molar-refractivity contribution >= 4 is 0 Å². The molecule has 0 radical (unpaired) electrons. The van der Waals surface area contributed by atoms with Crippen molar-refractivity contribution in [3.05, 3.63) is 29.3 Å². The maximum absolute atomic E-state index is 5.28. The van der Waals surface area contributed by atoms with Gasteiger partial charge in [-0.3, -0.25) is 0 Å². The van der Waals surface area contributed by atoms with Crippen LogP contribution >= 0.6 is 0 Å². The van der Waals surface area contributed by atoms with E-state index in [2.05, 4.69) is 51.2 Å². The van der Waals surface area contributed by atoms with E-state index in [0.717, 1.165) is 12.3 Å². The molecule has 0 fully saturated rings. The average Bonchev–Trinajstić information content (AvgIpc) is 2.39. The van der Waals surface area contributed by atoms with Crippen LogP contribution in [0.3, 0.4) is 0 Å². The normalized spacial score (nSPS) is 14.3. The molecule has 0 bridgehead atoms. The molecule has 0 aliphatic rings. The third-order valence-electron chi connectivity index (χ3n) is 3.64. The Morgan fingerprint density at radius 3 is 2.50 bits per heavy atom. The minimum atomic E-state index is 0.445. The van der Waals surface area contributed by atoms with E-state index in [-0.39, 0.29) is 0 Å². The Bertz CT molecular complexity index is 362. The lowest BCUT2D eigenvalue weighted by molar-refractivity contribution is 0.374. The Kier molecular flexibility index (Phi) is 6.20. The average molecular weight is 249 g/mol. The number of hydrogen-bond acceptors (Lipinski definition) is 2. The number of benzene rings is 1. The third-order valence-corrected chi connectivity index (χ3v) is 3.64. The van der Waals surface area contributed by atoms with Gasteiger partial charge >= 0.3 is 0 Å². The summed E-state index contributed by atoms with van der Waals surface area (Å²) in [5.41, 5.74) is 2.71. The fourth-order valence-electron chi connectivity index (χ4n) is 2.28. The van der Waals surface area contributed by atoms with Crippen LogP contribution in [0.4, 0.5) is 0 Å². The van der Waals surface area contributed by atoms with Gasteiger partial charge in [-0.05, 0) is 49.1 Å². The third kappa shape index (κ3) is 3.74. The van der Waals surface area contributed by atoms with E-state index in [9.17, 15) is 0 Å². The molecule has 2 nitrogen and oxygen atoms in total. The van der Waals surface area contributed by atoms with Gasteiger partial charge in [0.2, 0.25) is 0 Å². The quantitative estimate of drug-likeness (QED) is 0.786. The van der Waals surface area contributed by atoms with Gasteiger partial charge in [0.05, 0.1) is 7.11 Å². The molecule has 0 aliphatic carbocycles. The molecule has 1 aromatic carbocycles. The van der Waals surface area contributed by atoms with Gasteiger partial charge in [0, 0.05) is 6.04 Å². The van der Waals surface area contributed by atoms with E-state index in [0.29, 0.717) is 12.0 Å². The van der Waals surface area contributed by atoms with Gasteiger partial charge in [-0.1, -0.05) is 33.3 Å². The summed E-state index contributed by atoms with van der Waals surface area (Å²) in [4.78, 5) is 0. The van der Waals surface area contributed by atoms with Crippen LogP contribution in [-0.2, 0) is 0 Å². The summed E-state index contributed by atoms with van der Waals surface area (Å²) in [7, 11) is 1.72. The molecule has 0 amide bonds. The largest absolute Gasteiger partial charge is 0.497 e. The first-order valence-electron chi connectivity index (χ1n) is 7.01. The second-order valence-electron chi connectivity index (χ2n) is 5.04. The zero-order valence-corrected chi connectivity index (χ0v) is 12.4. The van der Waals surface area contributed by atoms with Crippen molar-refractivity contribution in [1.29, 1.82) is 0 Å². The number of nitrogens with one attached hydrogen (secondary N) is 1. The van der Waals surface area contributed by atoms with E-state index >= 15 is 0 Å². The molecule has 1 aromatic rings. The maximum atomic E-state index is 5.28. The summed E-state index contributed by atoms with van der Waals surface area (Å²) in [5.74, 6) is 1.58. The lowest BCUT2D eigenvalue weighted by atomic mass is 9.89. The molecule has 0 saturated carbocycles. The first-order valence-corrected chi connectivity index (χ1v) is 7.01. The van der Waals surface area contributed by atoms with Crippen molar-refractivity contribution < 1.29 is 4.74 Å². The summed E-state index contributed by atoms with van der Waals surface area (Å²) >= 11 is 0. The summed E-state index contributed by atoms with van der Waals surface area (Å²) in [6, 6.07) is 6.83. The maximum Gasteiger partial charge on any atom is 0.119 e. The van der Waals surface area contributed by atoms with Gasteiger partial charge in [0.15, 0.2) is 0 Å². The molecule has 1 N–H and O–H groups in total. The predicted molar refractivity (Wildman–Crippen MR) is 78.2 cm³/mol. The Morgan fingerprint density at radius 2 is 2.00 bits per heavy atom. The Balaban J connectivity index is 2.96. The standard InChI is InChI=1S/C16H27NO/c1-6-10-17-16(12(3)7-2)15-9-8-14(18-5)11-13(15)4/h8-9,11-12,16-17H,6-7,10H2,1-5H3. The number of ether oxygens (including phenoxy) is 1. The first kappa shape index (κ1) is 15.0. The lowest BCUT2D eigenvalue weighted by Crippen LogP contribution is -2.28. The highest BCUT2D eigenvalue weighted by molar-refractivity contribution is 5.36. The van der Waals surface area contributed by atoms with E-state index in [4.69, 9.17) is 4.74 Å². The molecule has 2 heteroatoms.